The van der Waals surface area contributed by atoms with E-state index in [2.05, 4.69) is 0 Å². The van der Waals surface area contributed by atoms with E-state index in [4.69, 9.17) is 34.8 Å². The van der Waals surface area contributed by atoms with E-state index < -0.39 is 10.2 Å². The average Bonchev–Trinajstić information content (AvgIpc) is 1.86. The highest BCUT2D eigenvalue weighted by Gasteiger charge is 2.33. The van der Waals surface area contributed by atoms with E-state index in [0.717, 1.165) is 0 Å². The van der Waals surface area contributed by atoms with Crippen LogP contribution in [0.5, 0.6) is 0 Å². The smallest absolute Gasteiger partial charge is 0.259 e. The van der Waals surface area contributed by atoms with Crippen LogP contribution in [0.25, 0.3) is 0 Å². The molecule has 0 aromatic rings. The number of alkyl halides is 3. The van der Waals surface area contributed by atoms with Crippen molar-refractivity contribution in [3.8, 4) is 0 Å². The highest BCUT2D eigenvalue weighted by atomic mass is 35.5. The summed E-state index contributed by atoms with van der Waals surface area (Å²) in [4.78, 5) is 12.3. The van der Waals surface area contributed by atoms with Crippen LogP contribution in [0.4, 0.5) is 0 Å². The topological polar surface area (TPSA) is 20.3 Å². The lowest BCUT2D eigenvalue weighted by Crippen LogP contribution is -2.38. The van der Waals surface area contributed by atoms with Crippen molar-refractivity contribution < 1.29 is 4.79 Å². The van der Waals surface area contributed by atoms with E-state index in [1.54, 1.807) is 14.1 Å². The molecular weight excluding hydrogens is 196 g/mol. The summed E-state index contributed by atoms with van der Waals surface area (Å²) in [6.07, 6.45) is 0. The first-order valence-corrected chi connectivity index (χ1v) is 3.86. The number of hydrogen-bond donors (Lipinski definition) is 0. The molecule has 0 aliphatic rings. The second kappa shape index (κ2) is 3.65. The monoisotopic (exact) mass is 203 g/mol. The maximum absolute atomic E-state index is 11.0. The van der Waals surface area contributed by atoms with Gasteiger partial charge in [-0.15, -0.1) is 11.6 Å². The minimum Gasteiger partial charge on any atom is -0.346 e. The molecule has 0 aromatic carbocycles. The fraction of sp³-hybridized carbons (Fsp3) is 0.800. The van der Waals surface area contributed by atoms with Crippen LogP contribution in [0.1, 0.15) is 0 Å². The fourth-order valence-electron chi connectivity index (χ4n) is 0.384. The van der Waals surface area contributed by atoms with E-state index in [0.29, 0.717) is 0 Å². The average molecular weight is 204 g/mol. The molecule has 0 radical (unpaired) electrons. The van der Waals surface area contributed by atoms with Crippen molar-refractivity contribution in [1.29, 1.82) is 0 Å². The molecule has 0 saturated carbocycles. The zero-order valence-electron chi connectivity index (χ0n) is 5.70. The predicted molar refractivity (Wildman–Crippen MR) is 43.9 cm³/mol. The Bertz CT molecular complexity index is 135. The molecule has 1 amide bonds. The Morgan fingerprint density at radius 1 is 1.50 bits per heavy atom. The number of hydrogen-bond acceptors (Lipinski definition) is 1. The predicted octanol–water partition coefficient (Wildman–Crippen LogP) is 1.49. The van der Waals surface area contributed by atoms with Crippen LogP contribution in [0.3, 0.4) is 0 Å². The highest BCUT2D eigenvalue weighted by molar-refractivity contribution is 6.60. The van der Waals surface area contributed by atoms with Crippen molar-refractivity contribution in [3.05, 3.63) is 0 Å². The number of rotatable bonds is 2. The van der Waals surface area contributed by atoms with Crippen molar-refractivity contribution in [2.75, 3.05) is 20.0 Å². The van der Waals surface area contributed by atoms with Gasteiger partial charge in [0, 0.05) is 14.1 Å². The molecule has 60 valence electrons. The summed E-state index contributed by atoms with van der Waals surface area (Å²) in [6.45, 7) is 0. The van der Waals surface area contributed by atoms with Gasteiger partial charge in [0.25, 0.3) is 5.91 Å². The van der Waals surface area contributed by atoms with Crippen molar-refractivity contribution in [1.82, 2.24) is 4.90 Å². The summed E-state index contributed by atoms with van der Waals surface area (Å²) in [5.74, 6) is -0.501. The zero-order valence-corrected chi connectivity index (χ0v) is 7.96. The van der Waals surface area contributed by atoms with Crippen molar-refractivity contribution in [3.63, 3.8) is 0 Å². The van der Waals surface area contributed by atoms with Gasteiger partial charge in [-0.05, 0) is 0 Å². The Hall–Kier alpha value is 0.340. The van der Waals surface area contributed by atoms with E-state index in [1.807, 2.05) is 0 Å². The van der Waals surface area contributed by atoms with Gasteiger partial charge in [-0.25, -0.2) is 0 Å². The Balaban J connectivity index is 4.19. The number of halogens is 3. The number of nitrogens with zero attached hydrogens (tertiary/aromatic N) is 1. The summed E-state index contributed by atoms with van der Waals surface area (Å²) < 4.78 is -1.48. The number of carbonyl (C=O) groups is 1. The first-order valence-electron chi connectivity index (χ1n) is 2.57. The molecule has 0 rings (SSSR count). The maximum Gasteiger partial charge on any atom is 0.259 e. The first-order chi connectivity index (χ1) is 4.41. The molecule has 0 N–H and O–H groups in total. The summed E-state index contributed by atoms with van der Waals surface area (Å²) in [6, 6.07) is 0. The molecule has 0 bridgehead atoms. The van der Waals surface area contributed by atoms with Gasteiger partial charge in [0.2, 0.25) is 4.33 Å². The molecule has 0 aliphatic heterocycles. The molecule has 0 saturated heterocycles. The van der Waals surface area contributed by atoms with E-state index in [9.17, 15) is 4.79 Å². The van der Waals surface area contributed by atoms with Crippen LogP contribution in [0.15, 0.2) is 0 Å². The summed E-state index contributed by atoms with van der Waals surface area (Å²) in [5.41, 5.74) is 0. The van der Waals surface area contributed by atoms with Crippen LogP contribution in [0, 0.1) is 0 Å². The Morgan fingerprint density at radius 3 is 2.00 bits per heavy atom. The van der Waals surface area contributed by atoms with Crippen molar-refractivity contribution >= 4 is 40.7 Å². The van der Waals surface area contributed by atoms with E-state index in [-0.39, 0.29) is 5.88 Å². The third-order valence-electron chi connectivity index (χ3n) is 0.887. The lowest BCUT2D eigenvalue weighted by molar-refractivity contribution is -0.128. The van der Waals surface area contributed by atoms with Crippen LogP contribution in [-0.2, 0) is 4.79 Å². The minimum atomic E-state index is -1.48. The third kappa shape index (κ3) is 2.52. The summed E-state index contributed by atoms with van der Waals surface area (Å²) in [5, 5.41) is 0. The van der Waals surface area contributed by atoms with Gasteiger partial charge in [0.15, 0.2) is 0 Å². The molecule has 0 unspecified atom stereocenters. The van der Waals surface area contributed by atoms with E-state index >= 15 is 0 Å². The molecule has 10 heavy (non-hydrogen) atoms. The quantitative estimate of drug-likeness (QED) is 0.624. The number of carbonyl (C=O) groups excluding carboxylic acids is 1. The van der Waals surface area contributed by atoms with Gasteiger partial charge in [-0.3, -0.25) is 4.79 Å². The van der Waals surface area contributed by atoms with E-state index in [1.165, 1.54) is 4.90 Å². The van der Waals surface area contributed by atoms with Gasteiger partial charge in [0.05, 0.1) is 5.88 Å². The fourth-order valence-corrected chi connectivity index (χ4v) is 0.837. The maximum atomic E-state index is 11.0. The summed E-state index contributed by atoms with van der Waals surface area (Å²) >= 11 is 16.3. The molecule has 2 nitrogen and oxygen atoms in total. The molecule has 0 spiro atoms. The SMILES string of the molecule is CN(C)C(=O)C(Cl)(Cl)CCl. The second-order valence-corrected chi connectivity index (χ2v) is 3.79. The van der Waals surface area contributed by atoms with Gasteiger partial charge in [0.1, 0.15) is 0 Å². The second-order valence-electron chi connectivity index (χ2n) is 2.04. The van der Waals surface area contributed by atoms with Crippen molar-refractivity contribution in [2.24, 2.45) is 0 Å². The van der Waals surface area contributed by atoms with Crippen LogP contribution in [-0.4, -0.2) is 35.1 Å². The first kappa shape index (κ1) is 10.3. The van der Waals surface area contributed by atoms with Gasteiger partial charge in [-0.1, -0.05) is 23.2 Å². The van der Waals surface area contributed by atoms with Crippen LogP contribution in [0.2, 0.25) is 0 Å². The molecule has 0 heterocycles. The third-order valence-corrected chi connectivity index (χ3v) is 2.15. The van der Waals surface area contributed by atoms with Gasteiger partial charge >= 0.3 is 0 Å². The van der Waals surface area contributed by atoms with Crippen LogP contribution >= 0.6 is 34.8 Å². The molecular formula is C5H8Cl3NO. The van der Waals surface area contributed by atoms with Crippen LogP contribution < -0.4 is 0 Å². The summed E-state index contributed by atoms with van der Waals surface area (Å²) in [7, 11) is 3.13. The standard InChI is InChI=1S/C5H8Cl3NO/c1-9(2)4(10)5(7,8)3-6/h3H2,1-2H3. The Labute approximate surface area is 75.0 Å². The molecule has 0 fully saturated rings. The normalized spacial score (nSPS) is 11.3. The van der Waals surface area contributed by atoms with Gasteiger partial charge < -0.3 is 4.90 Å². The van der Waals surface area contributed by atoms with Crippen molar-refractivity contribution in [2.45, 2.75) is 4.33 Å². The Kier molecular flexibility index (Phi) is 3.77. The molecule has 0 aromatic heterocycles. The lowest BCUT2D eigenvalue weighted by atomic mass is 10.4. The zero-order chi connectivity index (χ0) is 8.36. The molecule has 5 heteroatoms. The number of amides is 1. The van der Waals surface area contributed by atoms with Gasteiger partial charge in [-0.2, -0.15) is 0 Å². The lowest BCUT2D eigenvalue weighted by Gasteiger charge is -2.19. The molecule has 0 aliphatic carbocycles. The minimum absolute atomic E-state index is 0.104. The molecule has 0 atom stereocenters. The largest absolute Gasteiger partial charge is 0.346 e. The highest BCUT2D eigenvalue weighted by Crippen LogP contribution is 2.24. The Morgan fingerprint density at radius 2 is 1.90 bits per heavy atom.